The molecule has 0 N–H and O–H groups in total. The Morgan fingerprint density at radius 1 is 1.10 bits per heavy atom. The van der Waals surface area contributed by atoms with Crippen LogP contribution in [0.2, 0.25) is 0 Å². The number of amides is 1. The van der Waals surface area contributed by atoms with E-state index in [0.29, 0.717) is 11.3 Å². The molecule has 2 aromatic carbocycles. The number of rotatable bonds is 6. The summed E-state index contributed by atoms with van der Waals surface area (Å²) in [5.74, 6) is -0.414. The second kappa shape index (κ2) is 8.65. The molecule has 0 fully saturated rings. The van der Waals surface area contributed by atoms with Crippen molar-refractivity contribution < 1.29 is 22.7 Å². The largest absolute Gasteiger partial charge is 0.573 e. The van der Waals surface area contributed by atoms with Crippen molar-refractivity contribution in [2.75, 3.05) is 7.05 Å². The molecule has 0 unspecified atom stereocenters. The van der Waals surface area contributed by atoms with Crippen molar-refractivity contribution >= 4 is 17.2 Å². The highest BCUT2D eigenvalue weighted by Gasteiger charge is 2.31. The van der Waals surface area contributed by atoms with E-state index in [2.05, 4.69) is 9.72 Å². The van der Waals surface area contributed by atoms with Gasteiger partial charge in [0.25, 0.3) is 0 Å². The Bertz CT molecular complexity index is 967. The zero-order chi connectivity index (χ0) is 21.0. The summed E-state index contributed by atoms with van der Waals surface area (Å²) in [5.41, 5.74) is 3.57. The van der Waals surface area contributed by atoms with Crippen LogP contribution >= 0.6 is 11.3 Å². The summed E-state index contributed by atoms with van der Waals surface area (Å²) in [7, 11) is 1.65. The molecule has 1 heterocycles. The van der Waals surface area contributed by atoms with E-state index < -0.39 is 6.36 Å². The Labute approximate surface area is 170 Å². The van der Waals surface area contributed by atoms with E-state index in [4.69, 9.17) is 0 Å². The smallest absolute Gasteiger partial charge is 0.406 e. The number of thiazole rings is 1. The number of halogens is 3. The van der Waals surface area contributed by atoms with E-state index in [0.717, 1.165) is 10.6 Å². The fourth-order valence-electron chi connectivity index (χ4n) is 2.67. The van der Waals surface area contributed by atoms with Crippen LogP contribution in [0.4, 0.5) is 13.2 Å². The van der Waals surface area contributed by atoms with Gasteiger partial charge >= 0.3 is 6.36 Å². The minimum atomic E-state index is -4.72. The lowest BCUT2D eigenvalue weighted by Gasteiger charge is -2.17. The number of aromatic nitrogens is 1. The van der Waals surface area contributed by atoms with E-state index >= 15 is 0 Å². The number of alkyl halides is 3. The van der Waals surface area contributed by atoms with Crippen LogP contribution in [-0.4, -0.2) is 29.2 Å². The monoisotopic (exact) mass is 420 g/mol. The van der Waals surface area contributed by atoms with E-state index in [1.54, 1.807) is 7.05 Å². The number of benzene rings is 2. The third-order valence-electron chi connectivity index (χ3n) is 4.19. The van der Waals surface area contributed by atoms with Gasteiger partial charge in [0.05, 0.1) is 12.1 Å². The maximum absolute atomic E-state index is 12.5. The molecule has 0 bridgehead atoms. The van der Waals surface area contributed by atoms with Gasteiger partial charge < -0.3 is 9.64 Å². The van der Waals surface area contributed by atoms with Gasteiger partial charge in [-0.15, -0.1) is 24.5 Å². The Balaban J connectivity index is 1.57. The molecule has 0 aliphatic heterocycles. The van der Waals surface area contributed by atoms with Crippen LogP contribution in [0.25, 0.3) is 10.6 Å². The predicted octanol–water partition coefficient (Wildman–Crippen LogP) is 5.22. The second-order valence-electron chi connectivity index (χ2n) is 6.63. The maximum atomic E-state index is 12.5. The summed E-state index contributed by atoms with van der Waals surface area (Å²) in [6.07, 6.45) is -4.56. The van der Waals surface area contributed by atoms with Crippen molar-refractivity contribution in [2.45, 2.75) is 26.3 Å². The second-order valence-corrected chi connectivity index (χ2v) is 7.49. The third kappa shape index (κ3) is 6.05. The van der Waals surface area contributed by atoms with Crippen molar-refractivity contribution in [3.8, 4) is 16.3 Å². The Hall–Kier alpha value is -2.87. The van der Waals surface area contributed by atoms with Gasteiger partial charge in [0, 0.05) is 24.5 Å². The topological polar surface area (TPSA) is 42.4 Å². The van der Waals surface area contributed by atoms with E-state index in [9.17, 15) is 18.0 Å². The lowest BCUT2D eigenvalue weighted by molar-refractivity contribution is -0.274. The van der Waals surface area contributed by atoms with Gasteiger partial charge in [0.1, 0.15) is 10.8 Å². The summed E-state index contributed by atoms with van der Waals surface area (Å²) in [4.78, 5) is 18.5. The van der Waals surface area contributed by atoms with Crippen LogP contribution in [-0.2, 0) is 17.8 Å². The molecule has 1 amide bonds. The fourth-order valence-corrected chi connectivity index (χ4v) is 3.49. The number of likely N-dealkylation sites (N-methyl/N-ethyl adjacent to an activating group) is 1. The zero-order valence-corrected chi connectivity index (χ0v) is 16.7. The number of carbonyl (C=O) groups excluding carboxylic acids is 1. The molecule has 0 atom stereocenters. The first-order valence-electron chi connectivity index (χ1n) is 8.80. The molecule has 4 nitrogen and oxygen atoms in total. The lowest BCUT2D eigenvalue weighted by Crippen LogP contribution is -2.27. The minimum absolute atomic E-state index is 0.124. The molecule has 3 rings (SSSR count). The van der Waals surface area contributed by atoms with Crippen LogP contribution in [0.1, 0.15) is 16.8 Å². The average Bonchev–Trinajstić information content (AvgIpc) is 3.11. The molecule has 0 radical (unpaired) electrons. The van der Waals surface area contributed by atoms with Crippen molar-refractivity contribution in [1.82, 2.24) is 9.88 Å². The van der Waals surface area contributed by atoms with Crippen LogP contribution in [0.3, 0.4) is 0 Å². The molecule has 8 heteroatoms. The van der Waals surface area contributed by atoms with Gasteiger partial charge in [-0.25, -0.2) is 4.98 Å². The Kier molecular flexibility index (Phi) is 6.22. The van der Waals surface area contributed by atoms with Crippen LogP contribution < -0.4 is 4.74 Å². The number of hydrogen-bond acceptors (Lipinski definition) is 4. The molecule has 3 aromatic rings. The van der Waals surface area contributed by atoms with Crippen molar-refractivity contribution in [3.63, 3.8) is 0 Å². The summed E-state index contributed by atoms with van der Waals surface area (Å²) < 4.78 is 40.5. The van der Waals surface area contributed by atoms with Crippen LogP contribution in [0.5, 0.6) is 5.75 Å². The molecule has 152 valence electrons. The number of hydrogen-bond donors (Lipinski definition) is 0. The molecular formula is C21H19F3N2O2S. The molecule has 29 heavy (non-hydrogen) atoms. The van der Waals surface area contributed by atoms with Crippen molar-refractivity contribution in [3.05, 3.63) is 70.7 Å². The first-order chi connectivity index (χ1) is 13.7. The Morgan fingerprint density at radius 3 is 2.38 bits per heavy atom. The molecular weight excluding hydrogens is 401 g/mol. The summed E-state index contributed by atoms with van der Waals surface area (Å²) in [6.45, 7) is 2.29. The lowest BCUT2D eigenvalue weighted by atomic mass is 10.1. The van der Waals surface area contributed by atoms with Gasteiger partial charge in [-0.2, -0.15) is 0 Å². The highest BCUT2D eigenvalue weighted by Crippen LogP contribution is 2.25. The number of ether oxygens (including phenoxy) is 1. The van der Waals surface area contributed by atoms with E-state index in [-0.39, 0.29) is 24.6 Å². The van der Waals surface area contributed by atoms with Gasteiger partial charge in [-0.05, 0) is 24.6 Å². The SMILES string of the molecule is Cc1ccc(-c2nc(CC(=O)N(C)Cc3ccc(OC(F)(F)F)cc3)cs2)cc1. The predicted molar refractivity (Wildman–Crippen MR) is 106 cm³/mol. The molecule has 0 saturated carbocycles. The molecule has 0 spiro atoms. The van der Waals surface area contributed by atoms with Crippen LogP contribution in [0.15, 0.2) is 53.9 Å². The van der Waals surface area contributed by atoms with E-state index in [1.807, 2.05) is 36.6 Å². The third-order valence-corrected chi connectivity index (χ3v) is 5.13. The first-order valence-corrected chi connectivity index (χ1v) is 9.68. The van der Waals surface area contributed by atoms with Crippen LogP contribution in [0, 0.1) is 6.92 Å². The summed E-state index contributed by atoms with van der Waals surface area (Å²) in [6, 6.07) is 13.5. The number of carbonyl (C=O) groups is 1. The quantitative estimate of drug-likeness (QED) is 0.549. The average molecular weight is 420 g/mol. The van der Waals surface area contributed by atoms with E-state index in [1.165, 1.54) is 46.1 Å². The van der Waals surface area contributed by atoms with Crippen molar-refractivity contribution in [2.24, 2.45) is 0 Å². The fraction of sp³-hybridized carbons (Fsp3) is 0.238. The Morgan fingerprint density at radius 2 is 1.76 bits per heavy atom. The van der Waals surface area contributed by atoms with Gasteiger partial charge in [0.15, 0.2) is 0 Å². The molecule has 0 aliphatic carbocycles. The molecule has 0 saturated heterocycles. The summed E-state index contributed by atoms with van der Waals surface area (Å²) in [5, 5.41) is 2.72. The molecule has 0 aliphatic rings. The zero-order valence-electron chi connectivity index (χ0n) is 15.9. The standard InChI is InChI=1S/C21H19F3N2O2S/c1-14-3-7-16(8-4-14)20-25-17(13-29-20)11-19(27)26(2)12-15-5-9-18(10-6-15)28-21(22,23)24/h3-10,13H,11-12H2,1-2H3. The maximum Gasteiger partial charge on any atom is 0.573 e. The number of aryl methyl sites for hydroxylation is 1. The normalized spacial score (nSPS) is 11.3. The summed E-state index contributed by atoms with van der Waals surface area (Å²) >= 11 is 1.48. The van der Waals surface area contributed by atoms with Gasteiger partial charge in [-0.3, -0.25) is 4.79 Å². The highest BCUT2D eigenvalue weighted by atomic mass is 32.1. The molecule has 1 aromatic heterocycles. The van der Waals surface area contributed by atoms with Gasteiger partial charge in [0.2, 0.25) is 5.91 Å². The highest BCUT2D eigenvalue weighted by molar-refractivity contribution is 7.13. The van der Waals surface area contributed by atoms with Gasteiger partial charge in [-0.1, -0.05) is 42.0 Å². The number of nitrogens with zero attached hydrogens (tertiary/aromatic N) is 2. The first kappa shape index (κ1) is 20.9. The van der Waals surface area contributed by atoms with Crippen molar-refractivity contribution in [1.29, 1.82) is 0 Å². The minimum Gasteiger partial charge on any atom is -0.406 e.